The van der Waals surface area contributed by atoms with E-state index in [0.717, 1.165) is 50.7 Å². The van der Waals surface area contributed by atoms with Crippen LogP contribution in [0.25, 0.3) is 11.2 Å². The summed E-state index contributed by atoms with van der Waals surface area (Å²) in [5.41, 5.74) is -0.157. The molecule has 2 heterocycles. The van der Waals surface area contributed by atoms with Crippen molar-refractivity contribution < 1.29 is 22.8 Å². The fourth-order valence-electron chi connectivity index (χ4n) is 6.88. The van der Waals surface area contributed by atoms with Gasteiger partial charge in [-0.3, -0.25) is 23.7 Å². The molecule has 0 aliphatic rings. The van der Waals surface area contributed by atoms with E-state index in [1.165, 1.54) is 112 Å². The number of unbranched alkanes of at least 4 members (excludes halogenated alkanes) is 17. The number of rotatable bonds is 31. The molecule has 3 aromatic rings. The number of carbonyl (C=O) groups is 3. The first-order valence-electron chi connectivity index (χ1n) is 22.0. The molecule has 0 spiro atoms. The highest BCUT2D eigenvalue weighted by molar-refractivity contribution is 7.99. The van der Waals surface area contributed by atoms with Crippen molar-refractivity contribution in [3.05, 3.63) is 35.9 Å². The van der Waals surface area contributed by atoms with Gasteiger partial charge in [-0.05, 0) is 49.0 Å². The van der Waals surface area contributed by atoms with E-state index in [1.54, 1.807) is 20.8 Å². The van der Waals surface area contributed by atoms with Gasteiger partial charge in [-0.15, -0.1) is 0 Å². The lowest BCUT2D eigenvalue weighted by Crippen LogP contribution is -2.38. The number of amides is 2. The number of anilines is 3. The van der Waals surface area contributed by atoms with Crippen molar-refractivity contribution in [1.82, 2.24) is 19.5 Å². The van der Waals surface area contributed by atoms with E-state index >= 15 is 0 Å². The molecule has 1 aromatic carbocycles. The first-order valence-corrected chi connectivity index (χ1v) is 25.2. The Hall–Kier alpha value is -3.23. The number of aromatic nitrogens is 4. The number of imidazole rings is 1. The number of benzene rings is 1. The van der Waals surface area contributed by atoms with Crippen molar-refractivity contribution in [2.45, 2.75) is 169 Å². The standard InChI is InChI=1S/C44H70ClN7O5S2/c1-6-8-9-10-11-12-13-14-15-16-17-18-22-25-30-59(56,57)51-34-27-28-35(45)36(31-34)49-43(55)39(40(54)44(3,4)5)52-33-48-38-41(46-32-47-42(38)52)50-37(53)26-23-20-19-21-24-29-58-7-2/h27-28,31-33,39,51H,6-26,29-30H2,1-5H3,(H,49,55)(H,46,47,50,53). The fourth-order valence-corrected chi connectivity index (χ4v) is 8.91. The maximum absolute atomic E-state index is 14.1. The monoisotopic (exact) mass is 875 g/mol. The quantitative estimate of drug-likeness (QED) is 0.0421. The normalized spacial score (nSPS) is 12.4. The van der Waals surface area contributed by atoms with Gasteiger partial charge in [0.1, 0.15) is 6.33 Å². The molecule has 0 bridgehead atoms. The molecule has 0 saturated heterocycles. The van der Waals surface area contributed by atoms with E-state index in [0.29, 0.717) is 12.8 Å². The molecule has 3 rings (SSSR count). The van der Waals surface area contributed by atoms with Crippen molar-refractivity contribution >= 4 is 79.3 Å². The molecule has 2 amide bonds. The number of thioether (sulfide) groups is 1. The predicted molar refractivity (Wildman–Crippen MR) is 246 cm³/mol. The van der Waals surface area contributed by atoms with Crippen LogP contribution in [0.5, 0.6) is 0 Å². The Bertz CT molecular complexity index is 1850. The minimum Gasteiger partial charge on any atom is -0.322 e. The number of ketones is 1. The number of sulfonamides is 1. The Kier molecular flexibility index (Phi) is 22.8. The highest BCUT2D eigenvalue weighted by Crippen LogP contribution is 2.31. The van der Waals surface area contributed by atoms with Gasteiger partial charge in [0, 0.05) is 11.8 Å². The summed E-state index contributed by atoms with van der Waals surface area (Å²) < 4.78 is 30.0. The summed E-state index contributed by atoms with van der Waals surface area (Å²) in [6.45, 7) is 9.53. The number of nitrogens with one attached hydrogen (secondary N) is 3. The van der Waals surface area contributed by atoms with Crippen molar-refractivity contribution in [1.29, 1.82) is 0 Å². The number of hydrogen-bond acceptors (Lipinski definition) is 9. The van der Waals surface area contributed by atoms with Gasteiger partial charge < -0.3 is 10.6 Å². The molecule has 59 heavy (non-hydrogen) atoms. The SMILES string of the molecule is CCCCCCCCCCCCCCCCS(=O)(=O)Nc1ccc(Cl)c(NC(=O)C(C(=O)C(C)(C)C)n2cnc3c(NC(=O)CCCCCCCSCC)ncnc32)c1. The number of hydrogen-bond donors (Lipinski definition) is 3. The second kappa shape index (κ2) is 26.9. The van der Waals surface area contributed by atoms with Gasteiger partial charge in [-0.25, -0.2) is 23.4 Å². The van der Waals surface area contributed by atoms with Crippen LogP contribution in [-0.4, -0.2) is 62.8 Å². The number of Topliss-reactive ketones (excluding diaryl/α,β-unsaturated/α-hetero) is 1. The van der Waals surface area contributed by atoms with E-state index in [-0.39, 0.29) is 45.0 Å². The van der Waals surface area contributed by atoms with Gasteiger partial charge >= 0.3 is 0 Å². The van der Waals surface area contributed by atoms with Crippen molar-refractivity contribution in [3.8, 4) is 0 Å². The molecule has 1 atom stereocenters. The summed E-state index contributed by atoms with van der Waals surface area (Å²) in [4.78, 5) is 53.8. The predicted octanol–water partition coefficient (Wildman–Crippen LogP) is 11.5. The molecule has 0 saturated carbocycles. The Labute approximate surface area is 363 Å². The zero-order valence-corrected chi connectivity index (χ0v) is 38.6. The lowest BCUT2D eigenvalue weighted by molar-refractivity contribution is -0.135. The molecule has 330 valence electrons. The highest BCUT2D eigenvalue weighted by Gasteiger charge is 2.38. The summed E-state index contributed by atoms with van der Waals surface area (Å²) in [5.74, 6) is 1.13. The molecular formula is C44H70ClN7O5S2. The van der Waals surface area contributed by atoms with Gasteiger partial charge in [-0.2, -0.15) is 11.8 Å². The van der Waals surface area contributed by atoms with Crippen LogP contribution >= 0.6 is 23.4 Å². The molecular weight excluding hydrogens is 806 g/mol. The van der Waals surface area contributed by atoms with Crippen molar-refractivity contribution in [2.75, 3.05) is 32.6 Å². The summed E-state index contributed by atoms with van der Waals surface area (Å²) in [6.07, 6.45) is 24.6. The zero-order chi connectivity index (χ0) is 43.1. The van der Waals surface area contributed by atoms with Gasteiger partial charge in [0.25, 0.3) is 5.91 Å². The summed E-state index contributed by atoms with van der Waals surface area (Å²) in [7, 11) is -3.66. The van der Waals surface area contributed by atoms with Crippen LogP contribution in [0.2, 0.25) is 5.02 Å². The highest BCUT2D eigenvalue weighted by atomic mass is 35.5. The second-order valence-electron chi connectivity index (χ2n) is 16.5. The molecule has 0 aliphatic heterocycles. The molecule has 3 N–H and O–H groups in total. The largest absolute Gasteiger partial charge is 0.322 e. The zero-order valence-electron chi connectivity index (χ0n) is 36.3. The topological polar surface area (TPSA) is 165 Å². The minimum atomic E-state index is -3.66. The van der Waals surface area contributed by atoms with E-state index in [1.807, 2.05) is 11.8 Å². The van der Waals surface area contributed by atoms with Crippen LogP contribution in [0.1, 0.15) is 169 Å². The summed E-state index contributed by atoms with van der Waals surface area (Å²) in [6, 6.07) is 3.03. The van der Waals surface area contributed by atoms with Crippen LogP contribution in [0.4, 0.5) is 17.2 Å². The third-order valence-electron chi connectivity index (χ3n) is 10.3. The Morgan fingerprint density at radius 3 is 1.98 bits per heavy atom. The third kappa shape index (κ3) is 18.5. The van der Waals surface area contributed by atoms with E-state index < -0.39 is 33.2 Å². The Balaban J connectivity index is 1.58. The smallest absolute Gasteiger partial charge is 0.255 e. The van der Waals surface area contributed by atoms with E-state index in [2.05, 4.69) is 44.2 Å². The molecule has 0 aliphatic carbocycles. The van der Waals surface area contributed by atoms with Crippen LogP contribution in [0, 0.1) is 5.41 Å². The number of nitrogens with zero attached hydrogens (tertiary/aromatic N) is 4. The van der Waals surface area contributed by atoms with Crippen LogP contribution in [-0.2, 0) is 24.4 Å². The maximum Gasteiger partial charge on any atom is 0.255 e. The maximum atomic E-state index is 14.1. The van der Waals surface area contributed by atoms with E-state index in [9.17, 15) is 22.8 Å². The number of halogens is 1. The van der Waals surface area contributed by atoms with Crippen LogP contribution in [0.15, 0.2) is 30.9 Å². The summed E-state index contributed by atoms with van der Waals surface area (Å²) >= 11 is 8.44. The van der Waals surface area contributed by atoms with Crippen LogP contribution in [0.3, 0.4) is 0 Å². The average molecular weight is 877 g/mol. The molecule has 0 radical (unpaired) electrons. The van der Waals surface area contributed by atoms with E-state index in [4.69, 9.17) is 11.6 Å². The van der Waals surface area contributed by atoms with Gasteiger partial charge in [0.15, 0.2) is 28.8 Å². The molecule has 0 fully saturated rings. The van der Waals surface area contributed by atoms with Crippen LogP contribution < -0.4 is 15.4 Å². The lowest BCUT2D eigenvalue weighted by atomic mass is 9.86. The Morgan fingerprint density at radius 1 is 0.780 bits per heavy atom. The molecule has 12 nitrogen and oxygen atoms in total. The first kappa shape index (κ1) is 50.1. The lowest BCUT2D eigenvalue weighted by Gasteiger charge is -2.25. The van der Waals surface area contributed by atoms with Gasteiger partial charge in [-0.1, -0.05) is 149 Å². The number of fused-ring (bicyclic) bond motifs is 1. The summed E-state index contributed by atoms with van der Waals surface area (Å²) in [5, 5.41) is 5.73. The van der Waals surface area contributed by atoms with Gasteiger partial charge in [0.05, 0.1) is 28.5 Å². The second-order valence-corrected chi connectivity index (χ2v) is 20.2. The first-order chi connectivity index (χ1) is 28.3. The third-order valence-corrected chi connectivity index (χ3v) is 13.0. The number of carbonyl (C=O) groups excluding carboxylic acids is 3. The van der Waals surface area contributed by atoms with Crippen molar-refractivity contribution in [3.63, 3.8) is 0 Å². The molecule has 2 aromatic heterocycles. The minimum absolute atomic E-state index is 0.0198. The van der Waals surface area contributed by atoms with Crippen molar-refractivity contribution in [2.24, 2.45) is 5.41 Å². The molecule has 1 unspecified atom stereocenters. The Morgan fingerprint density at radius 2 is 1.37 bits per heavy atom. The average Bonchev–Trinajstić information content (AvgIpc) is 3.61. The fraction of sp³-hybridized carbons (Fsp3) is 0.682. The van der Waals surface area contributed by atoms with Gasteiger partial charge in [0.2, 0.25) is 15.9 Å². The molecule has 15 heteroatoms.